The van der Waals surface area contributed by atoms with Gasteiger partial charge in [0.2, 0.25) is 5.91 Å². The van der Waals surface area contributed by atoms with Crippen LogP contribution in [0.3, 0.4) is 0 Å². The minimum absolute atomic E-state index is 0.0132. The number of anilines is 1. The molecule has 6 nitrogen and oxygen atoms in total. The van der Waals surface area contributed by atoms with Gasteiger partial charge in [-0.3, -0.25) is 9.69 Å². The summed E-state index contributed by atoms with van der Waals surface area (Å²) in [5, 5.41) is 1.97. The molecular weight excluding hydrogens is 425 g/mol. The lowest BCUT2D eigenvalue weighted by Gasteiger charge is -2.37. The Hall–Kier alpha value is -1.97. The van der Waals surface area contributed by atoms with Crippen molar-refractivity contribution in [2.24, 2.45) is 0 Å². The summed E-state index contributed by atoms with van der Waals surface area (Å²) in [6.07, 6.45) is 0.512. The highest BCUT2D eigenvalue weighted by Gasteiger charge is 2.35. The fraction of sp³-hybridized carbons (Fsp3) is 0.476. The van der Waals surface area contributed by atoms with Crippen LogP contribution < -0.4 is 4.90 Å². The minimum Gasteiger partial charge on any atom is -0.369 e. The number of amides is 1. The average molecular weight is 452 g/mol. The number of sulfone groups is 1. The second-order valence-corrected chi connectivity index (χ2v) is 11.2. The molecular formula is C21H26FN3O3S2. The van der Waals surface area contributed by atoms with Crippen molar-refractivity contribution in [3.8, 4) is 0 Å². The molecule has 3 heterocycles. The van der Waals surface area contributed by atoms with E-state index in [4.69, 9.17) is 0 Å². The molecule has 2 saturated heterocycles. The van der Waals surface area contributed by atoms with Crippen LogP contribution in [0, 0.1) is 5.82 Å². The molecule has 4 rings (SSSR count). The summed E-state index contributed by atoms with van der Waals surface area (Å²) in [5.74, 6) is -0.0477. The van der Waals surface area contributed by atoms with Crippen molar-refractivity contribution in [3.05, 3.63) is 52.5 Å². The van der Waals surface area contributed by atoms with Gasteiger partial charge < -0.3 is 9.80 Å². The van der Waals surface area contributed by atoms with Crippen LogP contribution in [-0.4, -0.2) is 74.4 Å². The van der Waals surface area contributed by atoms with E-state index in [1.807, 2.05) is 17.5 Å². The number of rotatable bonds is 6. The van der Waals surface area contributed by atoms with E-state index >= 15 is 0 Å². The maximum Gasteiger partial charge on any atom is 0.237 e. The number of hydrogen-bond donors (Lipinski definition) is 0. The normalized spacial score (nSPS) is 21.6. The highest BCUT2D eigenvalue weighted by Crippen LogP contribution is 2.23. The van der Waals surface area contributed by atoms with Crippen LogP contribution in [-0.2, 0) is 21.2 Å². The largest absolute Gasteiger partial charge is 0.369 e. The van der Waals surface area contributed by atoms with Crippen LogP contribution in [0.15, 0.2) is 41.8 Å². The Bertz CT molecular complexity index is 956. The quantitative estimate of drug-likeness (QED) is 0.674. The predicted molar refractivity (Wildman–Crippen MR) is 117 cm³/mol. The minimum atomic E-state index is -3.06. The Morgan fingerprint density at radius 3 is 2.47 bits per heavy atom. The standard InChI is InChI=1S/C21H26FN3O3S2/c22-17-3-5-18(6-4-17)24-10-8-23(9-11-24)15-21(26)25(14-20-2-1-12-29-20)19-7-13-30(27,28)16-19/h1-6,12,19H,7-11,13-16H2. The van der Waals surface area contributed by atoms with Crippen LogP contribution in [0.2, 0.25) is 0 Å². The highest BCUT2D eigenvalue weighted by molar-refractivity contribution is 7.91. The van der Waals surface area contributed by atoms with Crippen LogP contribution >= 0.6 is 11.3 Å². The summed E-state index contributed by atoms with van der Waals surface area (Å²) in [5.41, 5.74) is 0.984. The Labute approximate surface area is 180 Å². The number of thiophene rings is 1. The Kier molecular flexibility index (Phi) is 6.40. The molecule has 9 heteroatoms. The molecule has 0 N–H and O–H groups in total. The first kappa shape index (κ1) is 21.3. The average Bonchev–Trinajstić information content (AvgIpc) is 3.36. The molecule has 2 aliphatic heterocycles. The fourth-order valence-electron chi connectivity index (χ4n) is 4.11. The second-order valence-electron chi connectivity index (χ2n) is 7.90. The zero-order chi connectivity index (χ0) is 21.1. The second kappa shape index (κ2) is 9.03. The van der Waals surface area contributed by atoms with Gasteiger partial charge in [0.1, 0.15) is 5.82 Å². The van der Waals surface area contributed by atoms with Gasteiger partial charge in [0.15, 0.2) is 9.84 Å². The number of benzene rings is 1. The summed E-state index contributed by atoms with van der Waals surface area (Å²) < 4.78 is 37.1. The molecule has 0 radical (unpaired) electrons. The van der Waals surface area contributed by atoms with Crippen molar-refractivity contribution < 1.29 is 17.6 Å². The van der Waals surface area contributed by atoms with E-state index in [2.05, 4.69) is 9.80 Å². The van der Waals surface area contributed by atoms with E-state index in [1.54, 1.807) is 28.4 Å². The molecule has 1 amide bonds. The molecule has 30 heavy (non-hydrogen) atoms. The number of carbonyl (C=O) groups excluding carboxylic acids is 1. The molecule has 2 aromatic rings. The van der Waals surface area contributed by atoms with Gasteiger partial charge in [0.25, 0.3) is 0 Å². The van der Waals surface area contributed by atoms with E-state index in [9.17, 15) is 17.6 Å². The maximum absolute atomic E-state index is 13.2. The van der Waals surface area contributed by atoms with Gasteiger partial charge in [-0.1, -0.05) is 6.07 Å². The van der Waals surface area contributed by atoms with E-state index in [0.29, 0.717) is 19.5 Å². The third-order valence-corrected chi connectivity index (χ3v) is 8.41. The Morgan fingerprint density at radius 2 is 1.87 bits per heavy atom. The zero-order valence-corrected chi connectivity index (χ0v) is 18.4. The van der Waals surface area contributed by atoms with Gasteiger partial charge in [-0.05, 0) is 42.1 Å². The van der Waals surface area contributed by atoms with Crippen molar-refractivity contribution in [2.45, 2.75) is 19.0 Å². The maximum atomic E-state index is 13.2. The van der Waals surface area contributed by atoms with Gasteiger partial charge in [0.05, 0.1) is 24.6 Å². The first-order chi connectivity index (χ1) is 14.4. The van der Waals surface area contributed by atoms with Crippen molar-refractivity contribution in [1.29, 1.82) is 0 Å². The molecule has 1 atom stereocenters. The molecule has 2 aliphatic rings. The molecule has 1 aromatic heterocycles. The summed E-state index contributed by atoms with van der Waals surface area (Å²) in [4.78, 5) is 20.3. The summed E-state index contributed by atoms with van der Waals surface area (Å²) in [6.45, 7) is 3.76. The molecule has 0 saturated carbocycles. The number of piperazine rings is 1. The summed E-state index contributed by atoms with van der Waals surface area (Å²) in [7, 11) is -3.06. The molecule has 1 aromatic carbocycles. The lowest BCUT2D eigenvalue weighted by atomic mass is 10.2. The van der Waals surface area contributed by atoms with E-state index in [0.717, 1.165) is 36.7 Å². The van der Waals surface area contributed by atoms with E-state index in [1.165, 1.54) is 12.1 Å². The monoisotopic (exact) mass is 451 g/mol. The van der Waals surface area contributed by atoms with Gasteiger partial charge in [-0.15, -0.1) is 11.3 Å². The third kappa shape index (κ3) is 5.19. The smallest absolute Gasteiger partial charge is 0.237 e. The SMILES string of the molecule is O=C(CN1CCN(c2ccc(F)cc2)CC1)N(Cc1cccs1)C1CCS(=O)(=O)C1. The van der Waals surface area contributed by atoms with Crippen molar-refractivity contribution in [3.63, 3.8) is 0 Å². The fourth-order valence-corrected chi connectivity index (χ4v) is 6.54. The van der Waals surface area contributed by atoms with Crippen LogP contribution in [0.4, 0.5) is 10.1 Å². The lowest BCUT2D eigenvalue weighted by molar-refractivity contribution is -0.135. The lowest BCUT2D eigenvalue weighted by Crippen LogP contribution is -2.51. The Morgan fingerprint density at radius 1 is 1.13 bits per heavy atom. The van der Waals surface area contributed by atoms with Gasteiger partial charge in [-0.25, -0.2) is 12.8 Å². The van der Waals surface area contributed by atoms with Crippen molar-refractivity contribution in [2.75, 3.05) is 49.1 Å². The van der Waals surface area contributed by atoms with Crippen LogP contribution in [0.25, 0.3) is 0 Å². The molecule has 1 unspecified atom stereocenters. The van der Waals surface area contributed by atoms with Crippen molar-refractivity contribution in [1.82, 2.24) is 9.80 Å². The molecule has 0 spiro atoms. The molecule has 0 aliphatic carbocycles. The molecule has 162 valence electrons. The predicted octanol–water partition coefficient (Wildman–Crippen LogP) is 2.23. The Balaban J connectivity index is 1.37. The molecule has 2 fully saturated rings. The summed E-state index contributed by atoms with van der Waals surface area (Å²) in [6, 6.07) is 10.2. The number of nitrogens with zero attached hydrogens (tertiary/aromatic N) is 3. The number of hydrogen-bond acceptors (Lipinski definition) is 6. The van der Waals surface area contributed by atoms with Crippen LogP contribution in [0.1, 0.15) is 11.3 Å². The first-order valence-electron chi connectivity index (χ1n) is 10.1. The van der Waals surface area contributed by atoms with Crippen molar-refractivity contribution >= 4 is 32.8 Å². The first-order valence-corrected chi connectivity index (χ1v) is 12.8. The topological polar surface area (TPSA) is 60.9 Å². The number of halogens is 1. The van der Waals surface area contributed by atoms with E-state index in [-0.39, 0.29) is 29.3 Å². The molecule has 0 bridgehead atoms. The van der Waals surface area contributed by atoms with E-state index < -0.39 is 9.84 Å². The van der Waals surface area contributed by atoms with Gasteiger partial charge in [-0.2, -0.15) is 0 Å². The number of carbonyl (C=O) groups is 1. The summed E-state index contributed by atoms with van der Waals surface area (Å²) >= 11 is 1.58. The third-order valence-electron chi connectivity index (χ3n) is 5.80. The zero-order valence-electron chi connectivity index (χ0n) is 16.7. The van der Waals surface area contributed by atoms with Gasteiger partial charge in [0, 0.05) is 42.8 Å². The highest BCUT2D eigenvalue weighted by atomic mass is 32.2. The van der Waals surface area contributed by atoms with Crippen LogP contribution in [0.5, 0.6) is 0 Å². The van der Waals surface area contributed by atoms with Gasteiger partial charge >= 0.3 is 0 Å².